The van der Waals surface area contributed by atoms with E-state index in [1.807, 2.05) is 80.5 Å². The molecule has 0 aliphatic carbocycles. The minimum atomic E-state index is -0.607. The van der Waals surface area contributed by atoms with Crippen LogP contribution in [-0.2, 0) is 14.0 Å². The molecule has 1 amide bonds. The van der Waals surface area contributed by atoms with Gasteiger partial charge in [0.1, 0.15) is 11.4 Å². The van der Waals surface area contributed by atoms with Gasteiger partial charge in [-0.1, -0.05) is 6.08 Å². The number of amides is 1. The molecule has 160 valence electrons. The molecule has 1 aliphatic heterocycles. The average Bonchev–Trinajstić information content (AvgIpc) is 2.75. The van der Waals surface area contributed by atoms with Crippen LogP contribution in [0.2, 0.25) is 0 Å². The fourth-order valence-corrected chi connectivity index (χ4v) is 2.97. The van der Waals surface area contributed by atoms with Crippen molar-refractivity contribution >= 4 is 19.3 Å². The number of hydrogen-bond donors (Lipinski definition) is 2. The molecule has 29 heavy (non-hydrogen) atoms. The Balaban J connectivity index is 2.32. The number of carbonyl (C=O) groups is 1. The Hall–Kier alpha value is -1.99. The van der Waals surface area contributed by atoms with Gasteiger partial charge in [0.25, 0.3) is 0 Å². The Morgan fingerprint density at radius 2 is 1.62 bits per heavy atom. The molecule has 0 saturated carbocycles. The summed E-state index contributed by atoms with van der Waals surface area (Å²) in [7, 11) is -0.607. The van der Waals surface area contributed by atoms with E-state index >= 15 is 0 Å². The molecule has 0 unspecified atom stereocenters. The van der Waals surface area contributed by atoms with E-state index in [0.717, 1.165) is 22.2 Å². The maximum absolute atomic E-state index is 12.2. The van der Waals surface area contributed by atoms with Crippen LogP contribution in [0.1, 0.15) is 65.2 Å². The summed E-state index contributed by atoms with van der Waals surface area (Å²) >= 11 is 0. The molecule has 0 atom stereocenters. The van der Waals surface area contributed by atoms with Crippen LogP contribution in [0, 0.1) is 13.8 Å². The number of benzene rings is 1. The summed E-state index contributed by atoms with van der Waals surface area (Å²) in [5.74, 6) is 0.284. The molecule has 0 bridgehead atoms. The summed E-state index contributed by atoms with van der Waals surface area (Å²) in [5.41, 5.74) is 1.65. The quantitative estimate of drug-likeness (QED) is 0.722. The fourth-order valence-electron chi connectivity index (χ4n) is 2.97. The molecule has 1 fully saturated rings. The van der Waals surface area contributed by atoms with Crippen molar-refractivity contribution in [3.05, 3.63) is 34.3 Å². The number of aromatic hydroxyl groups is 1. The lowest BCUT2D eigenvalue weighted by atomic mass is 9.76. The SMILES string of the molecule is Cc1cc(C=C(CNC(=O)OC(C)(C)C)B2OC(C)(C)C(C)(C)O2)cc(C)c1O. The predicted octanol–water partition coefficient (Wildman–Crippen LogP) is 4.55. The Kier molecular flexibility index (Phi) is 6.45. The van der Waals surface area contributed by atoms with Crippen molar-refractivity contribution in [2.45, 2.75) is 79.1 Å². The summed E-state index contributed by atoms with van der Waals surface area (Å²) in [6.07, 6.45) is 1.43. The van der Waals surface area contributed by atoms with E-state index < -0.39 is 30.0 Å². The highest BCUT2D eigenvalue weighted by Gasteiger charge is 2.52. The van der Waals surface area contributed by atoms with Crippen molar-refractivity contribution in [2.75, 3.05) is 6.54 Å². The lowest BCUT2D eigenvalue weighted by Gasteiger charge is -2.32. The van der Waals surface area contributed by atoms with Crippen molar-refractivity contribution in [1.82, 2.24) is 5.32 Å². The van der Waals surface area contributed by atoms with Gasteiger partial charge in [0.05, 0.1) is 11.2 Å². The Morgan fingerprint density at radius 3 is 2.07 bits per heavy atom. The van der Waals surface area contributed by atoms with Crippen molar-refractivity contribution in [2.24, 2.45) is 0 Å². The molecule has 6 nitrogen and oxygen atoms in total. The summed E-state index contributed by atoms with van der Waals surface area (Å²) in [4.78, 5) is 12.2. The lowest BCUT2D eigenvalue weighted by molar-refractivity contribution is 0.00578. The number of aryl methyl sites for hydroxylation is 2. The Bertz CT molecular complexity index is 769. The third kappa shape index (κ3) is 5.76. The van der Waals surface area contributed by atoms with Gasteiger partial charge in [-0.15, -0.1) is 0 Å². The van der Waals surface area contributed by atoms with Crippen molar-refractivity contribution in [3.63, 3.8) is 0 Å². The van der Waals surface area contributed by atoms with Crippen LogP contribution < -0.4 is 5.32 Å². The van der Waals surface area contributed by atoms with Gasteiger partial charge in [-0.2, -0.15) is 0 Å². The highest BCUT2D eigenvalue weighted by molar-refractivity contribution is 6.56. The van der Waals surface area contributed by atoms with Crippen LogP contribution in [0.25, 0.3) is 6.08 Å². The first-order valence-electron chi connectivity index (χ1n) is 9.94. The molecule has 0 aromatic heterocycles. The minimum Gasteiger partial charge on any atom is -0.507 e. The number of rotatable bonds is 4. The van der Waals surface area contributed by atoms with Gasteiger partial charge in [0.2, 0.25) is 0 Å². The largest absolute Gasteiger partial charge is 0.507 e. The molecule has 0 spiro atoms. The molecular formula is C22H34BNO5. The first-order chi connectivity index (χ1) is 13.1. The monoisotopic (exact) mass is 403 g/mol. The number of alkyl carbamates (subject to hydrolysis) is 1. The number of carbonyl (C=O) groups excluding carboxylic acids is 1. The van der Waals surface area contributed by atoms with E-state index in [4.69, 9.17) is 14.0 Å². The molecule has 2 rings (SSSR count). The molecule has 1 aliphatic rings. The average molecular weight is 403 g/mol. The van der Waals surface area contributed by atoms with Gasteiger partial charge in [-0.05, 0) is 96.6 Å². The predicted molar refractivity (Wildman–Crippen MR) is 116 cm³/mol. The highest BCUT2D eigenvalue weighted by atomic mass is 16.7. The van der Waals surface area contributed by atoms with Crippen LogP contribution in [0.4, 0.5) is 4.79 Å². The molecule has 7 heteroatoms. The zero-order chi connectivity index (χ0) is 22.2. The smallest absolute Gasteiger partial charge is 0.492 e. The van der Waals surface area contributed by atoms with Gasteiger partial charge in [-0.3, -0.25) is 0 Å². The maximum Gasteiger partial charge on any atom is 0.492 e. The van der Waals surface area contributed by atoms with Gasteiger partial charge in [-0.25, -0.2) is 4.79 Å². The van der Waals surface area contributed by atoms with E-state index in [-0.39, 0.29) is 12.3 Å². The van der Waals surface area contributed by atoms with E-state index in [2.05, 4.69) is 5.32 Å². The third-order valence-electron chi connectivity index (χ3n) is 5.26. The second kappa shape index (κ2) is 8.03. The number of phenols is 1. The van der Waals surface area contributed by atoms with Crippen molar-refractivity contribution < 1.29 is 23.9 Å². The zero-order valence-electron chi connectivity index (χ0n) is 19.1. The van der Waals surface area contributed by atoms with Crippen LogP contribution in [0.3, 0.4) is 0 Å². The summed E-state index contributed by atoms with van der Waals surface area (Å²) in [6, 6.07) is 3.78. The number of hydrogen-bond acceptors (Lipinski definition) is 5. The molecule has 1 saturated heterocycles. The van der Waals surface area contributed by atoms with Crippen LogP contribution in [0.5, 0.6) is 5.75 Å². The summed E-state index contributed by atoms with van der Waals surface area (Å²) in [5, 5.41) is 12.8. The number of phenolic OH excluding ortho intramolecular Hbond substituents is 1. The molecule has 1 aromatic carbocycles. The Morgan fingerprint density at radius 1 is 1.14 bits per heavy atom. The second-order valence-electron chi connectivity index (χ2n) is 9.67. The molecule has 2 N–H and O–H groups in total. The highest BCUT2D eigenvalue weighted by Crippen LogP contribution is 2.39. The number of ether oxygens (including phenoxy) is 1. The first kappa shape index (κ1) is 23.3. The summed E-state index contributed by atoms with van der Waals surface area (Å²) in [6.45, 7) is 17.3. The molecular weight excluding hydrogens is 369 g/mol. The third-order valence-corrected chi connectivity index (χ3v) is 5.26. The van der Waals surface area contributed by atoms with Crippen molar-refractivity contribution in [3.8, 4) is 5.75 Å². The normalized spacial score (nSPS) is 18.7. The topological polar surface area (TPSA) is 77.0 Å². The van der Waals surface area contributed by atoms with Gasteiger partial charge < -0.3 is 24.5 Å². The van der Waals surface area contributed by atoms with Gasteiger partial charge >= 0.3 is 13.2 Å². The van der Waals surface area contributed by atoms with E-state index in [1.54, 1.807) is 0 Å². The first-order valence-corrected chi connectivity index (χ1v) is 9.94. The van der Waals surface area contributed by atoms with Crippen LogP contribution in [0.15, 0.2) is 17.6 Å². The van der Waals surface area contributed by atoms with E-state index in [9.17, 15) is 9.90 Å². The minimum absolute atomic E-state index is 0.213. The van der Waals surface area contributed by atoms with E-state index in [0.29, 0.717) is 0 Å². The standard InChI is InChI=1S/C22H34BNO5/c1-14-10-16(11-15(2)18(14)25)12-17(13-24-19(26)27-20(3,4)5)23-28-21(6,7)22(8,9)29-23/h10-12,25H,13H2,1-9H3,(H,24,26). The zero-order valence-corrected chi connectivity index (χ0v) is 19.1. The number of nitrogens with one attached hydrogen (secondary N) is 1. The lowest BCUT2D eigenvalue weighted by Crippen LogP contribution is -2.41. The van der Waals surface area contributed by atoms with Crippen LogP contribution in [-0.4, -0.2) is 41.7 Å². The molecule has 1 heterocycles. The molecule has 1 aromatic rings. The van der Waals surface area contributed by atoms with Gasteiger partial charge in [0.15, 0.2) is 0 Å². The van der Waals surface area contributed by atoms with E-state index in [1.165, 1.54) is 0 Å². The maximum atomic E-state index is 12.2. The molecule has 0 radical (unpaired) electrons. The second-order valence-corrected chi connectivity index (χ2v) is 9.67. The Labute approximate surface area is 174 Å². The van der Waals surface area contributed by atoms with Crippen molar-refractivity contribution in [1.29, 1.82) is 0 Å². The fraction of sp³-hybridized carbons (Fsp3) is 0.591. The van der Waals surface area contributed by atoms with Gasteiger partial charge in [0, 0.05) is 6.54 Å². The van der Waals surface area contributed by atoms with Crippen LogP contribution >= 0.6 is 0 Å². The summed E-state index contributed by atoms with van der Waals surface area (Å²) < 4.78 is 17.7.